The van der Waals surface area contributed by atoms with Crippen molar-refractivity contribution >= 4 is 11.3 Å². The highest BCUT2D eigenvalue weighted by Gasteiger charge is 2.06. The molecule has 95 valence electrons. The number of anilines is 1. The summed E-state index contributed by atoms with van der Waals surface area (Å²) in [6.45, 7) is 7.62. The van der Waals surface area contributed by atoms with Crippen LogP contribution in [-0.4, -0.2) is 6.54 Å². The van der Waals surface area contributed by atoms with Crippen molar-refractivity contribution in [1.82, 2.24) is 0 Å². The van der Waals surface area contributed by atoms with E-state index < -0.39 is 0 Å². The van der Waals surface area contributed by atoms with E-state index >= 15 is 0 Å². The molecule has 0 aliphatic heterocycles. The first-order valence-corrected chi connectivity index (χ1v) is 6.71. The third kappa shape index (κ3) is 3.49. The van der Waals surface area contributed by atoms with E-state index in [2.05, 4.69) is 68.9 Å². The van der Waals surface area contributed by atoms with Crippen LogP contribution >= 0.6 is 0 Å². The van der Waals surface area contributed by atoms with Crippen molar-refractivity contribution in [2.45, 2.75) is 27.2 Å². The predicted molar refractivity (Wildman–Crippen MR) is 80.4 cm³/mol. The topological polar surface area (TPSA) is 12.0 Å². The van der Waals surface area contributed by atoms with E-state index in [1.807, 2.05) is 0 Å². The first-order chi connectivity index (χ1) is 8.65. The monoisotopic (exact) mass is 240 g/mol. The van der Waals surface area contributed by atoms with E-state index in [4.69, 9.17) is 0 Å². The molecule has 0 saturated heterocycles. The summed E-state index contributed by atoms with van der Waals surface area (Å²) in [7, 11) is 0. The summed E-state index contributed by atoms with van der Waals surface area (Å²) in [6, 6.07) is 8.73. The maximum Gasteiger partial charge on any atom is 0.0340 e. The molecule has 1 N–H and O–H groups in total. The summed E-state index contributed by atoms with van der Waals surface area (Å²) in [5.41, 5.74) is 5.20. The Kier molecular flexibility index (Phi) is 4.24. The van der Waals surface area contributed by atoms with Crippen molar-refractivity contribution in [1.29, 1.82) is 0 Å². The fourth-order valence-corrected chi connectivity index (χ4v) is 2.04. The third-order valence-electron chi connectivity index (χ3n) is 3.09. The molecule has 0 fully saturated rings. The van der Waals surface area contributed by atoms with Gasteiger partial charge in [-0.1, -0.05) is 43.7 Å². The van der Waals surface area contributed by atoms with Crippen molar-refractivity contribution in [2.75, 3.05) is 11.9 Å². The molecule has 2 rings (SSSR count). The lowest BCUT2D eigenvalue weighted by Gasteiger charge is -2.13. The SMILES string of the molecule is CC1=CC[CH]C(c2ccc(NCC(C)C)cc2)=C1. The molecule has 0 bridgehead atoms. The van der Waals surface area contributed by atoms with Crippen molar-refractivity contribution in [2.24, 2.45) is 5.92 Å². The summed E-state index contributed by atoms with van der Waals surface area (Å²) < 4.78 is 0. The number of benzene rings is 1. The highest BCUT2D eigenvalue weighted by Crippen LogP contribution is 2.26. The van der Waals surface area contributed by atoms with Gasteiger partial charge in [0.1, 0.15) is 0 Å². The molecule has 0 unspecified atom stereocenters. The molecule has 0 spiro atoms. The molecule has 1 aromatic carbocycles. The van der Waals surface area contributed by atoms with E-state index in [1.54, 1.807) is 0 Å². The summed E-state index contributed by atoms with van der Waals surface area (Å²) in [5.74, 6) is 0.673. The third-order valence-corrected chi connectivity index (χ3v) is 3.09. The van der Waals surface area contributed by atoms with E-state index in [0.29, 0.717) is 5.92 Å². The van der Waals surface area contributed by atoms with Crippen molar-refractivity contribution < 1.29 is 0 Å². The molecule has 1 nitrogen and oxygen atoms in total. The lowest BCUT2D eigenvalue weighted by Crippen LogP contribution is -2.07. The van der Waals surface area contributed by atoms with Crippen molar-refractivity contribution in [3.8, 4) is 0 Å². The summed E-state index contributed by atoms with van der Waals surface area (Å²) in [6.07, 6.45) is 7.83. The molecular weight excluding hydrogens is 218 g/mol. The van der Waals surface area contributed by atoms with Crippen LogP contribution in [0.3, 0.4) is 0 Å². The van der Waals surface area contributed by atoms with E-state index in [-0.39, 0.29) is 0 Å². The van der Waals surface area contributed by atoms with Gasteiger partial charge in [0.05, 0.1) is 0 Å². The Hall–Kier alpha value is -1.50. The molecule has 0 aromatic heterocycles. The van der Waals surface area contributed by atoms with Crippen LogP contribution in [0.2, 0.25) is 0 Å². The normalized spacial score (nSPS) is 15.3. The lowest BCUT2D eigenvalue weighted by molar-refractivity contribution is 0.689. The number of hydrogen-bond acceptors (Lipinski definition) is 1. The molecule has 1 aliphatic rings. The second kappa shape index (κ2) is 5.90. The second-order valence-electron chi connectivity index (χ2n) is 5.34. The standard InChI is InChI=1S/C17H22N/c1-13(2)12-18-17-9-7-15(8-10-17)16-6-4-5-14(3)11-16/h5-11,13,18H,4,12H2,1-3H3. The average molecular weight is 240 g/mol. The van der Waals surface area contributed by atoms with Crippen LogP contribution in [0.25, 0.3) is 5.57 Å². The molecule has 0 saturated carbocycles. The number of rotatable bonds is 4. The van der Waals surface area contributed by atoms with Gasteiger partial charge in [-0.2, -0.15) is 0 Å². The van der Waals surface area contributed by atoms with Crippen molar-refractivity contribution in [3.05, 3.63) is 54.0 Å². The van der Waals surface area contributed by atoms with E-state index in [1.165, 1.54) is 22.4 Å². The molecule has 1 heteroatoms. The molecule has 18 heavy (non-hydrogen) atoms. The zero-order valence-electron chi connectivity index (χ0n) is 11.5. The molecule has 1 radical (unpaired) electrons. The first-order valence-electron chi connectivity index (χ1n) is 6.71. The van der Waals surface area contributed by atoms with Gasteiger partial charge >= 0.3 is 0 Å². The lowest BCUT2D eigenvalue weighted by atomic mass is 9.94. The van der Waals surface area contributed by atoms with Gasteiger partial charge in [-0.3, -0.25) is 0 Å². The molecular formula is C17H22N. The van der Waals surface area contributed by atoms with E-state index in [9.17, 15) is 0 Å². The molecule has 1 aromatic rings. The van der Waals surface area contributed by atoms with Gasteiger partial charge in [-0.15, -0.1) is 0 Å². The number of nitrogens with one attached hydrogen (secondary N) is 1. The molecule has 0 heterocycles. The summed E-state index contributed by atoms with van der Waals surface area (Å²) in [4.78, 5) is 0. The van der Waals surface area contributed by atoms with Crippen LogP contribution in [0.5, 0.6) is 0 Å². The van der Waals surface area contributed by atoms with Gasteiger partial charge in [-0.05, 0) is 49.0 Å². The predicted octanol–water partition coefficient (Wildman–Crippen LogP) is 4.69. The molecule has 1 aliphatic carbocycles. The Balaban J connectivity index is 2.06. The van der Waals surface area contributed by atoms with Crippen LogP contribution in [-0.2, 0) is 0 Å². The fraction of sp³-hybridized carbons (Fsp3) is 0.353. The minimum absolute atomic E-state index is 0.673. The van der Waals surface area contributed by atoms with Gasteiger partial charge in [0.2, 0.25) is 0 Å². The van der Waals surface area contributed by atoms with Crippen LogP contribution in [0, 0.1) is 12.3 Å². The van der Waals surface area contributed by atoms with Crippen molar-refractivity contribution in [3.63, 3.8) is 0 Å². The Morgan fingerprint density at radius 2 is 1.89 bits per heavy atom. The Morgan fingerprint density at radius 1 is 1.17 bits per heavy atom. The van der Waals surface area contributed by atoms with Gasteiger partial charge in [0, 0.05) is 12.2 Å². The number of allylic oxidation sites excluding steroid dienone is 4. The van der Waals surface area contributed by atoms with E-state index in [0.717, 1.165) is 13.0 Å². The average Bonchev–Trinajstić information content (AvgIpc) is 2.37. The molecule has 0 atom stereocenters. The van der Waals surface area contributed by atoms with Gasteiger partial charge < -0.3 is 5.32 Å². The Morgan fingerprint density at radius 3 is 2.50 bits per heavy atom. The van der Waals surface area contributed by atoms with Crippen LogP contribution in [0.4, 0.5) is 5.69 Å². The van der Waals surface area contributed by atoms with Crippen LogP contribution < -0.4 is 5.32 Å². The Labute approximate surface area is 111 Å². The highest BCUT2D eigenvalue weighted by atomic mass is 14.9. The summed E-state index contributed by atoms with van der Waals surface area (Å²) >= 11 is 0. The van der Waals surface area contributed by atoms with Gasteiger partial charge in [-0.25, -0.2) is 0 Å². The smallest absolute Gasteiger partial charge is 0.0340 e. The minimum atomic E-state index is 0.673. The van der Waals surface area contributed by atoms with Crippen LogP contribution in [0.1, 0.15) is 32.8 Å². The molecule has 0 amide bonds. The summed E-state index contributed by atoms with van der Waals surface area (Å²) in [5, 5.41) is 3.44. The second-order valence-corrected chi connectivity index (χ2v) is 5.34. The largest absolute Gasteiger partial charge is 0.385 e. The Bertz CT molecular complexity index is 449. The fourth-order valence-electron chi connectivity index (χ4n) is 2.04. The zero-order chi connectivity index (χ0) is 13.0. The quantitative estimate of drug-likeness (QED) is 0.805. The zero-order valence-corrected chi connectivity index (χ0v) is 11.5. The van der Waals surface area contributed by atoms with Gasteiger partial charge in [0.15, 0.2) is 0 Å². The first kappa shape index (κ1) is 12.9. The van der Waals surface area contributed by atoms with Crippen LogP contribution in [0.15, 0.2) is 42.0 Å². The maximum absolute atomic E-state index is 3.44. The van der Waals surface area contributed by atoms with Gasteiger partial charge in [0.25, 0.3) is 0 Å². The number of hydrogen-bond donors (Lipinski definition) is 1. The maximum atomic E-state index is 3.44. The minimum Gasteiger partial charge on any atom is -0.385 e. The highest BCUT2D eigenvalue weighted by molar-refractivity contribution is 5.76.